The van der Waals surface area contributed by atoms with Gasteiger partial charge in [-0.3, -0.25) is 0 Å². The Kier molecular flexibility index (Phi) is 4.69. The van der Waals surface area contributed by atoms with Crippen molar-refractivity contribution < 1.29 is 17.8 Å². The highest BCUT2D eigenvalue weighted by molar-refractivity contribution is 6.18. The Morgan fingerprint density at radius 1 is 0.316 bits per heavy atom. The molecule has 0 aliphatic carbocycles. The van der Waals surface area contributed by atoms with Gasteiger partial charge in [-0.1, -0.05) is 157 Å². The molecule has 0 saturated carbocycles. The van der Waals surface area contributed by atoms with Crippen LogP contribution in [-0.2, 0) is 0 Å². The quantitative estimate of drug-likeness (QED) is 0.167. The van der Waals surface area contributed by atoms with Crippen molar-refractivity contribution in [3.63, 3.8) is 0 Å². The number of nitrogens with zero attached hydrogens (tertiary/aromatic N) is 3. The van der Waals surface area contributed by atoms with E-state index in [1.165, 1.54) is 0 Å². The molecule has 3 heterocycles. The lowest BCUT2D eigenvalue weighted by atomic mass is 10.00. The normalized spacial score (nSPS) is 15.1. The van der Waals surface area contributed by atoms with E-state index >= 15 is 0 Å². The van der Waals surface area contributed by atoms with Crippen LogP contribution in [0.3, 0.4) is 0 Å². The van der Waals surface area contributed by atoms with Gasteiger partial charge in [-0.15, -0.1) is 0 Å². The third-order valence-corrected chi connectivity index (χ3v) is 10.9. The van der Waals surface area contributed by atoms with E-state index in [0.29, 0.717) is 11.0 Å². The third kappa shape index (κ3) is 4.73. The molecule has 57 heavy (non-hydrogen) atoms. The molecule has 0 radical (unpaired) electrons. The van der Waals surface area contributed by atoms with Crippen LogP contribution in [0.5, 0.6) is 0 Å². The summed E-state index contributed by atoms with van der Waals surface area (Å²) in [6.07, 6.45) is 0. The van der Waals surface area contributed by atoms with E-state index in [2.05, 4.69) is 63.7 Å². The molecule has 0 atom stereocenters. The van der Waals surface area contributed by atoms with E-state index in [1.807, 2.05) is 78.9 Å². The summed E-state index contributed by atoms with van der Waals surface area (Å²) in [5.41, 5.74) is 4.68. The van der Waals surface area contributed by atoms with Crippen LogP contribution < -0.4 is 0 Å². The largest absolute Gasteiger partial charge is 0.309 e. The zero-order chi connectivity index (χ0) is 48.8. The summed E-state index contributed by atoms with van der Waals surface area (Å²) in [6, 6.07) is 35.7. The number of benzene rings is 9. The average molecular weight is 739 g/mol. The van der Waals surface area contributed by atoms with E-state index in [0.717, 1.165) is 65.8 Å². The lowest BCUT2D eigenvalue weighted by molar-refractivity contribution is 1.14. The van der Waals surface area contributed by atoms with Crippen LogP contribution in [-0.4, -0.2) is 13.7 Å². The molecule has 0 bridgehead atoms. The average Bonchev–Trinajstić information content (AvgIpc) is 4.02. The smallest absolute Gasteiger partial charge is 0.0782 e. The standard InChI is InChI=1S/C54H35N3/c1-2-15-36(16-3-1)37-31-33-38(34-32-37)39-17-12-18-40(35-39)55-49-27-11-7-22-45(49)53-50(55)28-14-29-51(53)57-48-26-10-6-21-43(48)44-23-13-30-52(54(44)57)56-46-24-8-4-19-41(46)42-20-5-9-25-47(42)56/h1-35H/i1D,2D,3D,12D,15D,16D,17D,18D,31D,32D,33D,34D,35D. The van der Waals surface area contributed by atoms with Crippen LogP contribution in [0.15, 0.2) is 212 Å². The van der Waals surface area contributed by atoms with E-state index in [9.17, 15) is 6.85 Å². The minimum absolute atomic E-state index is 0.126. The summed E-state index contributed by atoms with van der Waals surface area (Å²) < 4.78 is 122. The first-order valence-corrected chi connectivity index (χ1v) is 18.6. The van der Waals surface area contributed by atoms with Gasteiger partial charge in [-0.25, -0.2) is 0 Å². The van der Waals surface area contributed by atoms with Gasteiger partial charge in [0.15, 0.2) is 0 Å². The molecule has 0 saturated heterocycles. The number of hydrogen-bond donors (Lipinski definition) is 0. The van der Waals surface area contributed by atoms with Gasteiger partial charge in [0.1, 0.15) is 0 Å². The van der Waals surface area contributed by atoms with E-state index in [4.69, 9.17) is 11.0 Å². The first-order valence-electron chi connectivity index (χ1n) is 25.1. The maximum Gasteiger partial charge on any atom is 0.0782 e. The van der Waals surface area contributed by atoms with Crippen LogP contribution in [0.1, 0.15) is 17.8 Å². The lowest BCUT2D eigenvalue weighted by Gasteiger charge is -2.16. The predicted octanol–water partition coefficient (Wildman–Crippen LogP) is 14.3. The number of hydrogen-bond acceptors (Lipinski definition) is 0. The first kappa shape index (κ1) is 21.5. The second-order valence-electron chi connectivity index (χ2n) is 13.9. The van der Waals surface area contributed by atoms with Crippen LogP contribution >= 0.6 is 0 Å². The monoisotopic (exact) mass is 738 g/mol. The molecule has 3 nitrogen and oxygen atoms in total. The molecule has 0 unspecified atom stereocenters. The summed E-state index contributed by atoms with van der Waals surface area (Å²) in [5.74, 6) is 0. The van der Waals surface area contributed by atoms with Crippen LogP contribution in [0, 0.1) is 0 Å². The topological polar surface area (TPSA) is 14.8 Å². The van der Waals surface area contributed by atoms with Crippen molar-refractivity contribution in [2.24, 2.45) is 0 Å². The first-order chi connectivity index (χ1) is 33.7. The molecule has 3 aromatic heterocycles. The Morgan fingerprint density at radius 2 is 0.789 bits per heavy atom. The summed E-state index contributed by atoms with van der Waals surface area (Å²) >= 11 is 0. The molecular formula is C54H35N3. The number of aromatic nitrogens is 3. The number of rotatable bonds is 5. The maximum atomic E-state index is 9.87. The van der Waals surface area contributed by atoms with Gasteiger partial charge in [0.05, 0.1) is 62.3 Å². The fourth-order valence-corrected chi connectivity index (χ4v) is 8.55. The second kappa shape index (κ2) is 12.5. The van der Waals surface area contributed by atoms with Crippen molar-refractivity contribution >= 4 is 65.4 Å². The number of para-hydroxylation sites is 5. The Labute approximate surface area is 347 Å². The Hall–Kier alpha value is -7.62. The van der Waals surface area contributed by atoms with Gasteiger partial charge in [-0.05, 0) is 76.8 Å². The van der Waals surface area contributed by atoms with Crippen molar-refractivity contribution in [1.82, 2.24) is 13.7 Å². The second-order valence-corrected chi connectivity index (χ2v) is 13.9. The van der Waals surface area contributed by atoms with Crippen molar-refractivity contribution in [2.45, 2.75) is 0 Å². The van der Waals surface area contributed by atoms with Gasteiger partial charge in [0.2, 0.25) is 0 Å². The van der Waals surface area contributed by atoms with Gasteiger partial charge >= 0.3 is 0 Å². The minimum atomic E-state index is -0.760. The van der Waals surface area contributed by atoms with E-state index < -0.39 is 101 Å². The van der Waals surface area contributed by atoms with Crippen LogP contribution in [0.2, 0.25) is 0 Å². The molecule has 12 rings (SSSR count). The zero-order valence-electron chi connectivity index (χ0n) is 43.0. The fraction of sp³-hybridized carbons (Fsp3) is 0. The molecule has 3 heteroatoms. The Morgan fingerprint density at radius 3 is 1.47 bits per heavy atom. The van der Waals surface area contributed by atoms with Crippen molar-refractivity contribution in [3.05, 3.63) is 212 Å². The number of fused-ring (bicyclic) bond motifs is 9. The summed E-state index contributed by atoms with van der Waals surface area (Å²) in [4.78, 5) is 0. The Balaban J connectivity index is 1.16. The fourth-order valence-electron chi connectivity index (χ4n) is 8.55. The van der Waals surface area contributed by atoms with E-state index in [1.54, 1.807) is 4.57 Å². The SMILES string of the molecule is [2H]c1c([2H])c([2H])c(-c2c([2H])c([2H])c(-c3c([2H])c([2H])c([2H])c(-n4c5ccccc5c5c(-n6c7ccccc7c7cccc(-n8c9ccccc9c9ccccc98)c76)cccc54)c3[2H])c([2H])c2[2H])c([2H])c1[2H]. The summed E-state index contributed by atoms with van der Waals surface area (Å²) in [6.45, 7) is 0. The summed E-state index contributed by atoms with van der Waals surface area (Å²) in [5, 5.41) is 5.78. The highest BCUT2D eigenvalue weighted by Gasteiger charge is 2.23. The molecule has 0 aliphatic heterocycles. The van der Waals surface area contributed by atoms with E-state index in [-0.39, 0.29) is 5.69 Å². The molecule has 0 fully saturated rings. The molecule has 0 aliphatic rings. The van der Waals surface area contributed by atoms with Gasteiger partial charge in [-0.2, -0.15) is 0 Å². The van der Waals surface area contributed by atoms with Crippen molar-refractivity contribution in [2.75, 3.05) is 0 Å². The molecule has 9 aromatic carbocycles. The maximum absolute atomic E-state index is 9.87. The summed E-state index contributed by atoms with van der Waals surface area (Å²) in [7, 11) is 0. The van der Waals surface area contributed by atoms with Crippen molar-refractivity contribution in [1.29, 1.82) is 0 Å². The molecule has 0 N–H and O–H groups in total. The molecule has 0 amide bonds. The van der Waals surface area contributed by atoms with Crippen molar-refractivity contribution in [3.8, 4) is 39.3 Å². The molecule has 266 valence electrons. The van der Waals surface area contributed by atoms with Crippen LogP contribution in [0.4, 0.5) is 0 Å². The lowest BCUT2D eigenvalue weighted by Crippen LogP contribution is -2.01. The molecular weight excluding hydrogens is 691 g/mol. The Bertz CT molecular complexity index is 4190. The zero-order valence-corrected chi connectivity index (χ0v) is 30.0. The predicted molar refractivity (Wildman–Crippen MR) is 240 cm³/mol. The van der Waals surface area contributed by atoms with Gasteiger partial charge in [0, 0.05) is 38.0 Å². The third-order valence-electron chi connectivity index (χ3n) is 10.9. The molecule has 0 spiro atoms. The highest BCUT2D eigenvalue weighted by Crippen LogP contribution is 2.43. The van der Waals surface area contributed by atoms with Gasteiger partial charge < -0.3 is 13.7 Å². The highest BCUT2D eigenvalue weighted by atomic mass is 15.1. The minimum Gasteiger partial charge on any atom is -0.309 e. The van der Waals surface area contributed by atoms with Gasteiger partial charge in [0.25, 0.3) is 0 Å². The van der Waals surface area contributed by atoms with Crippen LogP contribution in [0.25, 0.3) is 105 Å². The molecule has 12 aromatic rings.